The highest BCUT2D eigenvalue weighted by Crippen LogP contribution is 2.26. The van der Waals surface area contributed by atoms with Crippen LogP contribution in [0.1, 0.15) is 11.1 Å². The van der Waals surface area contributed by atoms with Crippen molar-refractivity contribution in [3.05, 3.63) is 59.7 Å². The second kappa shape index (κ2) is 6.20. The number of rotatable bonds is 5. The maximum atomic E-state index is 5.74. The number of ether oxygens (including phenoxy) is 2. The van der Waals surface area contributed by atoms with E-state index in [-0.39, 0.29) is 0 Å². The minimum atomic E-state index is 0.388. The van der Waals surface area contributed by atoms with Gasteiger partial charge >= 0.3 is 0 Å². The number of thiocarbonyl (C=S) groups is 1. The highest BCUT2D eigenvalue weighted by Gasteiger charge is 2.04. The van der Waals surface area contributed by atoms with Crippen LogP contribution in [-0.2, 0) is 6.61 Å². The molecule has 0 aliphatic rings. The number of hydrogen-bond acceptors (Lipinski definition) is 3. The van der Waals surface area contributed by atoms with E-state index < -0.39 is 0 Å². The Kier molecular flexibility index (Phi) is 4.36. The zero-order valence-corrected chi connectivity index (χ0v) is 11.4. The highest BCUT2D eigenvalue weighted by molar-refractivity contribution is 7.80. The van der Waals surface area contributed by atoms with Crippen LogP contribution in [0.2, 0.25) is 0 Å². The molecule has 4 heteroatoms. The van der Waals surface area contributed by atoms with Gasteiger partial charge in [0.1, 0.15) is 11.6 Å². The van der Waals surface area contributed by atoms with Gasteiger partial charge in [-0.2, -0.15) is 0 Å². The topological polar surface area (TPSA) is 44.5 Å². The van der Waals surface area contributed by atoms with Gasteiger partial charge in [-0.3, -0.25) is 0 Å². The van der Waals surface area contributed by atoms with Crippen molar-refractivity contribution in [2.45, 2.75) is 6.61 Å². The third-order valence-electron chi connectivity index (χ3n) is 2.67. The average Bonchev–Trinajstić information content (AvgIpc) is 2.45. The zero-order valence-electron chi connectivity index (χ0n) is 10.6. The molecule has 0 aromatic heterocycles. The number of hydrogen-bond donors (Lipinski definition) is 1. The van der Waals surface area contributed by atoms with Crippen LogP contribution in [-0.4, -0.2) is 12.1 Å². The van der Waals surface area contributed by atoms with E-state index in [2.05, 4.69) is 0 Å². The second-order valence-electron chi connectivity index (χ2n) is 4.00. The van der Waals surface area contributed by atoms with Gasteiger partial charge in [-0.1, -0.05) is 42.5 Å². The predicted molar refractivity (Wildman–Crippen MR) is 79.7 cm³/mol. The Balaban J connectivity index is 2.10. The largest absolute Gasteiger partial charge is 0.493 e. The van der Waals surface area contributed by atoms with Crippen LogP contribution < -0.4 is 15.2 Å². The van der Waals surface area contributed by atoms with Crippen LogP contribution in [0.4, 0.5) is 0 Å². The molecule has 0 fully saturated rings. The molecule has 2 rings (SSSR count). The first-order valence-electron chi connectivity index (χ1n) is 5.85. The van der Waals surface area contributed by atoms with Crippen molar-refractivity contribution in [1.29, 1.82) is 0 Å². The fourth-order valence-corrected chi connectivity index (χ4v) is 1.84. The number of nitrogens with two attached hydrogens (primary N) is 1. The number of benzene rings is 2. The van der Waals surface area contributed by atoms with E-state index >= 15 is 0 Å². The standard InChI is InChI=1S/C15H15NO2S/c1-17-13-7-2-3-8-14(13)18-10-11-5-4-6-12(9-11)15(16)19/h2-9H,10H2,1H3,(H2,16,19). The molecule has 0 heterocycles. The lowest BCUT2D eigenvalue weighted by atomic mass is 10.1. The molecule has 0 unspecified atom stereocenters. The summed E-state index contributed by atoms with van der Waals surface area (Å²) in [6, 6.07) is 15.2. The van der Waals surface area contributed by atoms with Gasteiger partial charge in [0.2, 0.25) is 0 Å². The van der Waals surface area contributed by atoms with Crippen LogP contribution in [0.15, 0.2) is 48.5 Å². The van der Waals surface area contributed by atoms with E-state index in [0.29, 0.717) is 23.1 Å². The van der Waals surface area contributed by atoms with Gasteiger partial charge in [0.05, 0.1) is 7.11 Å². The van der Waals surface area contributed by atoms with Crippen molar-refractivity contribution < 1.29 is 9.47 Å². The quantitative estimate of drug-likeness (QED) is 0.851. The Morgan fingerprint density at radius 2 is 1.84 bits per heavy atom. The van der Waals surface area contributed by atoms with Gasteiger partial charge in [0.15, 0.2) is 11.5 Å². The molecule has 0 aliphatic carbocycles. The van der Waals surface area contributed by atoms with E-state index in [9.17, 15) is 0 Å². The Labute approximate surface area is 118 Å². The fraction of sp³-hybridized carbons (Fsp3) is 0.133. The van der Waals surface area contributed by atoms with Crippen LogP contribution >= 0.6 is 12.2 Å². The molecule has 2 aromatic rings. The first-order valence-corrected chi connectivity index (χ1v) is 6.26. The normalized spacial score (nSPS) is 9.95. The molecular formula is C15H15NO2S. The summed E-state index contributed by atoms with van der Waals surface area (Å²) in [5, 5.41) is 0. The molecule has 19 heavy (non-hydrogen) atoms. The maximum absolute atomic E-state index is 5.74. The first kappa shape index (κ1) is 13.4. The van der Waals surface area contributed by atoms with E-state index in [1.807, 2.05) is 48.5 Å². The molecule has 0 radical (unpaired) electrons. The van der Waals surface area contributed by atoms with E-state index in [0.717, 1.165) is 11.1 Å². The minimum absolute atomic E-state index is 0.388. The van der Waals surface area contributed by atoms with Gasteiger partial charge in [-0.05, 0) is 23.8 Å². The van der Waals surface area contributed by atoms with E-state index in [1.54, 1.807) is 7.11 Å². The van der Waals surface area contributed by atoms with Crippen molar-refractivity contribution in [1.82, 2.24) is 0 Å². The summed E-state index contributed by atoms with van der Waals surface area (Å²) in [7, 11) is 1.62. The molecule has 0 saturated heterocycles. The molecule has 3 nitrogen and oxygen atoms in total. The SMILES string of the molecule is COc1ccccc1OCc1cccc(C(N)=S)c1. The van der Waals surface area contributed by atoms with Crippen molar-refractivity contribution in [3.8, 4) is 11.5 Å². The van der Waals surface area contributed by atoms with Crippen molar-refractivity contribution in [3.63, 3.8) is 0 Å². The fourth-order valence-electron chi connectivity index (χ4n) is 1.71. The summed E-state index contributed by atoms with van der Waals surface area (Å²) in [5.74, 6) is 1.43. The third-order valence-corrected chi connectivity index (χ3v) is 2.91. The second-order valence-corrected chi connectivity index (χ2v) is 4.44. The Hall–Kier alpha value is -2.07. The Morgan fingerprint density at radius 3 is 2.53 bits per heavy atom. The van der Waals surface area contributed by atoms with Crippen molar-refractivity contribution >= 4 is 17.2 Å². The summed E-state index contributed by atoms with van der Waals surface area (Å²) in [5.41, 5.74) is 7.46. The van der Waals surface area contributed by atoms with Gasteiger partial charge in [-0.25, -0.2) is 0 Å². The highest BCUT2D eigenvalue weighted by atomic mass is 32.1. The van der Waals surface area contributed by atoms with Gasteiger partial charge in [0, 0.05) is 5.56 Å². The average molecular weight is 273 g/mol. The summed E-state index contributed by atoms with van der Waals surface area (Å²) < 4.78 is 11.0. The predicted octanol–water partition coefficient (Wildman–Crippen LogP) is 2.91. The molecule has 98 valence electrons. The zero-order chi connectivity index (χ0) is 13.7. The minimum Gasteiger partial charge on any atom is -0.493 e. The molecule has 0 bridgehead atoms. The molecule has 2 aromatic carbocycles. The van der Waals surface area contributed by atoms with E-state index in [1.165, 1.54) is 0 Å². The summed E-state index contributed by atoms with van der Waals surface area (Å²) >= 11 is 4.96. The lowest BCUT2D eigenvalue weighted by Gasteiger charge is -2.10. The number of methoxy groups -OCH3 is 1. The van der Waals surface area contributed by atoms with Gasteiger partial charge < -0.3 is 15.2 Å². The molecule has 0 saturated carbocycles. The molecule has 2 N–H and O–H groups in total. The van der Waals surface area contributed by atoms with Crippen LogP contribution in [0, 0.1) is 0 Å². The molecule has 0 atom stereocenters. The summed E-state index contributed by atoms with van der Waals surface area (Å²) in [4.78, 5) is 0.388. The monoisotopic (exact) mass is 273 g/mol. The third kappa shape index (κ3) is 3.45. The molecule has 0 spiro atoms. The van der Waals surface area contributed by atoms with Crippen LogP contribution in [0.5, 0.6) is 11.5 Å². The van der Waals surface area contributed by atoms with Gasteiger partial charge in [-0.15, -0.1) is 0 Å². The van der Waals surface area contributed by atoms with Gasteiger partial charge in [0.25, 0.3) is 0 Å². The number of para-hydroxylation sites is 2. The Bertz CT molecular complexity index is 584. The van der Waals surface area contributed by atoms with Crippen molar-refractivity contribution in [2.75, 3.05) is 7.11 Å². The first-order chi connectivity index (χ1) is 9.20. The maximum Gasteiger partial charge on any atom is 0.161 e. The smallest absolute Gasteiger partial charge is 0.161 e. The molecular weight excluding hydrogens is 258 g/mol. The van der Waals surface area contributed by atoms with Crippen LogP contribution in [0.3, 0.4) is 0 Å². The lowest BCUT2D eigenvalue weighted by molar-refractivity contribution is 0.284. The van der Waals surface area contributed by atoms with E-state index in [4.69, 9.17) is 27.4 Å². The lowest BCUT2D eigenvalue weighted by Crippen LogP contribution is -2.09. The summed E-state index contributed by atoms with van der Waals surface area (Å²) in [6.45, 7) is 0.441. The Morgan fingerprint density at radius 1 is 1.11 bits per heavy atom. The summed E-state index contributed by atoms with van der Waals surface area (Å²) in [6.07, 6.45) is 0. The van der Waals surface area contributed by atoms with Crippen molar-refractivity contribution in [2.24, 2.45) is 5.73 Å². The molecule has 0 aliphatic heterocycles. The molecule has 0 amide bonds. The van der Waals surface area contributed by atoms with Crippen LogP contribution in [0.25, 0.3) is 0 Å².